The molecule has 3 rings (SSSR count). The number of hydrogen-bond acceptors (Lipinski definition) is 5. The van der Waals surface area contributed by atoms with Crippen molar-refractivity contribution >= 4 is 27.2 Å². The molecule has 0 aliphatic rings. The molecule has 1 aromatic heterocycles. The minimum absolute atomic E-state index is 0.207. The zero-order valence-electron chi connectivity index (χ0n) is 15.1. The summed E-state index contributed by atoms with van der Waals surface area (Å²) in [5.41, 5.74) is 0.994. The van der Waals surface area contributed by atoms with E-state index in [4.69, 9.17) is 4.74 Å². The molecular formula is C19H16F3NO5S. The van der Waals surface area contributed by atoms with Gasteiger partial charge in [0.15, 0.2) is 0 Å². The maximum atomic E-state index is 13.1. The third kappa shape index (κ3) is 4.37. The Morgan fingerprint density at radius 3 is 2.31 bits per heavy atom. The zero-order chi connectivity index (χ0) is 21.2. The van der Waals surface area contributed by atoms with Gasteiger partial charge in [-0.2, -0.15) is 0 Å². The Morgan fingerprint density at radius 2 is 1.72 bits per heavy atom. The van der Waals surface area contributed by atoms with E-state index in [2.05, 4.69) is 4.74 Å². The van der Waals surface area contributed by atoms with Crippen LogP contribution in [0.2, 0.25) is 0 Å². The Kier molecular flexibility index (Phi) is 5.56. The molecule has 0 aliphatic heterocycles. The molecule has 0 bridgehead atoms. The van der Waals surface area contributed by atoms with Crippen LogP contribution in [0.3, 0.4) is 0 Å². The first-order chi connectivity index (χ1) is 13.7. The summed E-state index contributed by atoms with van der Waals surface area (Å²) in [5.74, 6) is -0.00104. The lowest BCUT2D eigenvalue weighted by Gasteiger charge is -2.11. The van der Waals surface area contributed by atoms with Gasteiger partial charge in [0.1, 0.15) is 17.8 Å². The topological polar surface area (TPSA) is 74.6 Å². The Morgan fingerprint density at radius 1 is 1.07 bits per heavy atom. The highest BCUT2D eigenvalue weighted by atomic mass is 32.2. The zero-order valence-corrected chi connectivity index (χ0v) is 16.0. The second-order valence-electron chi connectivity index (χ2n) is 6.06. The van der Waals surface area contributed by atoms with E-state index in [1.54, 1.807) is 18.2 Å². The summed E-state index contributed by atoms with van der Waals surface area (Å²) >= 11 is 0. The van der Waals surface area contributed by atoms with Gasteiger partial charge in [0.2, 0.25) is 0 Å². The molecule has 154 valence electrons. The summed E-state index contributed by atoms with van der Waals surface area (Å²) in [6, 6.07) is 8.77. The van der Waals surface area contributed by atoms with Gasteiger partial charge >= 0.3 is 6.36 Å². The van der Waals surface area contributed by atoms with Crippen LogP contribution < -0.4 is 9.47 Å². The fourth-order valence-corrected chi connectivity index (χ4v) is 4.30. The Balaban J connectivity index is 2.07. The highest BCUT2D eigenvalue weighted by molar-refractivity contribution is 7.90. The highest BCUT2D eigenvalue weighted by Crippen LogP contribution is 2.31. The van der Waals surface area contributed by atoms with Crippen LogP contribution in [0.15, 0.2) is 53.6 Å². The molecule has 0 radical (unpaired) electrons. The Bertz CT molecular complexity index is 1140. The van der Waals surface area contributed by atoms with Gasteiger partial charge in [-0.1, -0.05) is 0 Å². The molecule has 0 unspecified atom stereocenters. The smallest absolute Gasteiger partial charge is 0.497 e. The molecule has 2 aromatic carbocycles. The number of aromatic nitrogens is 1. The molecular weight excluding hydrogens is 411 g/mol. The van der Waals surface area contributed by atoms with E-state index in [0.29, 0.717) is 28.6 Å². The predicted octanol–water partition coefficient (Wildman–Crippen LogP) is 3.92. The minimum Gasteiger partial charge on any atom is -0.497 e. The van der Waals surface area contributed by atoms with E-state index >= 15 is 0 Å². The molecule has 0 fully saturated rings. The van der Waals surface area contributed by atoms with Crippen LogP contribution >= 0.6 is 0 Å². The van der Waals surface area contributed by atoms with Crippen molar-refractivity contribution in [1.29, 1.82) is 0 Å². The van der Waals surface area contributed by atoms with Crippen LogP contribution in [-0.2, 0) is 21.2 Å². The Hall–Kier alpha value is -3.01. The average Bonchev–Trinajstić information content (AvgIpc) is 3.04. The predicted molar refractivity (Wildman–Crippen MR) is 98.6 cm³/mol. The van der Waals surface area contributed by atoms with E-state index in [0.717, 1.165) is 34.5 Å². The minimum atomic E-state index is -4.87. The number of aldehydes is 1. The fourth-order valence-electron chi connectivity index (χ4n) is 2.91. The third-order valence-corrected chi connectivity index (χ3v) is 5.89. The monoisotopic (exact) mass is 427 g/mol. The molecule has 10 heteroatoms. The van der Waals surface area contributed by atoms with Gasteiger partial charge < -0.3 is 14.3 Å². The van der Waals surface area contributed by atoms with E-state index in [-0.39, 0.29) is 11.3 Å². The quantitative estimate of drug-likeness (QED) is 0.535. The lowest BCUT2D eigenvalue weighted by molar-refractivity contribution is -0.274. The highest BCUT2D eigenvalue weighted by Gasteiger charge is 2.31. The van der Waals surface area contributed by atoms with Gasteiger partial charge in [-0.3, -0.25) is 0 Å². The van der Waals surface area contributed by atoms with Gasteiger partial charge in [-0.05, 0) is 54.4 Å². The van der Waals surface area contributed by atoms with E-state index in [9.17, 15) is 26.4 Å². The van der Waals surface area contributed by atoms with Crippen molar-refractivity contribution in [3.05, 3.63) is 54.2 Å². The summed E-state index contributed by atoms with van der Waals surface area (Å²) in [6.07, 6.45) is -2.20. The van der Waals surface area contributed by atoms with E-state index in [1.807, 2.05) is 0 Å². The van der Waals surface area contributed by atoms with Crippen LogP contribution in [-0.4, -0.2) is 32.1 Å². The SMILES string of the molecule is COc1ccc2c(c1)c(CCC=O)cn2S(=O)(=O)c1ccc(OC(F)(F)F)cc1. The first-order valence-electron chi connectivity index (χ1n) is 8.38. The second-order valence-corrected chi connectivity index (χ2v) is 7.88. The summed E-state index contributed by atoms with van der Waals surface area (Å²) in [6.45, 7) is 0. The van der Waals surface area contributed by atoms with Gasteiger partial charge in [0.05, 0.1) is 17.5 Å². The van der Waals surface area contributed by atoms with Crippen LogP contribution in [0.25, 0.3) is 10.9 Å². The number of hydrogen-bond donors (Lipinski definition) is 0. The summed E-state index contributed by atoms with van der Waals surface area (Å²) in [5, 5.41) is 0.604. The molecule has 0 saturated carbocycles. The number of rotatable bonds is 7. The van der Waals surface area contributed by atoms with Gasteiger partial charge in [-0.25, -0.2) is 12.4 Å². The number of nitrogens with zero attached hydrogens (tertiary/aromatic N) is 1. The number of halogens is 3. The van der Waals surface area contributed by atoms with Crippen LogP contribution in [0.4, 0.5) is 13.2 Å². The number of benzene rings is 2. The molecule has 0 spiro atoms. The molecule has 6 nitrogen and oxygen atoms in total. The molecule has 0 N–H and O–H groups in total. The fraction of sp³-hybridized carbons (Fsp3) is 0.211. The maximum Gasteiger partial charge on any atom is 0.573 e. The number of methoxy groups -OCH3 is 1. The largest absolute Gasteiger partial charge is 0.573 e. The average molecular weight is 427 g/mol. The lowest BCUT2D eigenvalue weighted by atomic mass is 10.1. The number of carbonyl (C=O) groups is 1. The molecule has 0 amide bonds. The normalized spacial score (nSPS) is 12.1. The van der Waals surface area contributed by atoms with Crippen molar-refractivity contribution in [2.45, 2.75) is 24.1 Å². The van der Waals surface area contributed by atoms with Crippen LogP contribution in [0.1, 0.15) is 12.0 Å². The van der Waals surface area contributed by atoms with Crippen LogP contribution in [0, 0.1) is 0 Å². The first kappa shape index (κ1) is 20.7. The van der Waals surface area contributed by atoms with Crippen molar-refractivity contribution in [3.8, 4) is 11.5 Å². The molecule has 1 heterocycles. The molecule has 0 saturated heterocycles. The number of aryl methyl sites for hydroxylation is 1. The van der Waals surface area contributed by atoms with E-state index in [1.165, 1.54) is 13.3 Å². The van der Waals surface area contributed by atoms with Crippen molar-refractivity contribution in [3.63, 3.8) is 0 Å². The number of fused-ring (bicyclic) bond motifs is 1. The number of ether oxygens (including phenoxy) is 2. The van der Waals surface area contributed by atoms with Crippen LogP contribution in [0.5, 0.6) is 11.5 Å². The summed E-state index contributed by atoms with van der Waals surface area (Å²) in [4.78, 5) is 10.5. The second kappa shape index (κ2) is 7.78. The Labute approximate surface area is 164 Å². The van der Waals surface area contributed by atoms with Crippen molar-refractivity contribution < 1.29 is 35.9 Å². The van der Waals surface area contributed by atoms with Gasteiger partial charge in [0, 0.05) is 18.0 Å². The standard InChI is InChI=1S/C19H16F3NO5S/c1-27-15-6-9-18-17(11-15)13(3-2-10-24)12-23(18)29(25,26)16-7-4-14(5-8-16)28-19(20,21)22/h4-12H,2-3H2,1H3. The maximum absolute atomic E-state index is 13.1. The summed E-state index contributed by atoms with van der Waals surface area (Å²) < 4.78 is 73.1. The molecule has 3 aromatic rings. The van der Waals surface area contributed by atoms with Crippen molar-refractivity contribution in [1.82, 2.24) is 3.97 Å². The van der Waals surface area contributed by atoms with E-state index < -0.39 is 22.1 Å². The van der Waals surface area contributed by atoms with Gasteiger partial charge in [-0.15, -0.1) is 13.2 Å². The summed E-state index contributed by atoms with van der Waals surface area (Å²) in [7, 11) is -2.62. The molecule has 29 heavy (non-hydrogen) atoms. The number of alkyl halides is 3. The number of carbonyl (C=O) groups excluding carboxylic acids is 1. The lowest BCUT2D eigenvalue weighted by Crippen LogP contribution is -2.17. The van der Waals surface area contributed by atoms with Gasteiger partial charge in [0.25, 0.3) is 10.0 Å². The first-order valence-corrected chi connectivity index (χ1v) is 9.83. The van der Waals surface area contributed by atoms with Crippen molar-refractivity contribution in [2.24, 2.45) is 0 Å². The third-order valence-electron chi connectivity index (χ3n) is 4.21. The van der Waals surface area contributed by atoms with Crippen molar-refractivity contribution in [2.75, 3.05) is 7.11 Å². The molecule has 0 atom stereocenters. The molecule has 0 aliphatic carbocycles.